The fourth-order valence-corrected chi connectivity index (χ4v) is 2.62. The standard InChI is InChI=1S/C21H24N2O4/c1-16-9-7-8-12-18(16)13-23(15-20(25)27-3)19(24)14-22(2)21(26)17-10-5-4-6-11-17/h4-12H,13-15H2,1-3H3. The number of rotatable bonds is 7. The van der Waals surface area contributed by atoms with Gasteiger partial charge < -0.3 is 14.5 Å². The van der Waals surface area contributed by atoms with Crippen molar-refractivity contribution in [2.24, 2.45) is 0 Å². The number of ether oxygens (including phenoxy) is 1. The van der Waals surface area contributed by atoms with Crippen LogP contribution in [0.3, 0.4) is 0 Å². The Bertz CT molecular complexity index is 805. The number of amides is 2. The maximum absolute atomic E-state index is 12.8. The zero-order valence-electron chi connectivity index (χ0n) is 15.8. The number of carbonyl (C=O) groups excluding carboxylic acids is 3. The lowest BCUT2D eigenvalue weighted by Crippen LogP contribution is -2.43. The number of aryl methyl sites for hydroxylation is 1. The topological polar surface area (TPSA) is 66.9 Å². The molecule has 2 amide bonds. The van der Waals surface area contributed by atoms with Crippen molar-refractivity contribution in [3.05, 3.63) is 71.3 Å². The lowest BCUT2D eigenvalue weighted by Gasteiger charge is -2.25. The minimum Gasteiger partial charge on any atom is -0.468 e. The average Bonchev–Trinajstić information content (AvgIpc) is 2.68. The zero-order valence-corrected chi connectivity index (χ0v) is 15.8. The molecule has 6 heteroatoms. The first kappa shape index (κ1) is 20.2. The summed E-state index contributed by atoms with van der Waals surface area (Å²) in [6, 6.07) is 16.4. The van der Waals surface area contributed by atoms with Crippen LogP contribution in [0.1, 0.15) is 21.5 Å². The van der Waals surface area contributed by atoms with Crippen LogP contribution in [0.5, 0.6) is 0 Å². The van der Waals surface area contributed by atoms with Crippen LogP contribution in [0, 0.1) is 6.92 Å². The molecule has 0 aliphatic rings. The molecule has 0 heterocycles. The van der Waals surface area contributed by atoms with E-state index in [1.165, 1.54) is 16.9 Å². The van der Waals surface area contributed by atoms with Gasteiger partial charge in [-0.3, -0.25) is 14.4 Å². The van der Waals surface area contributed by atoms with E-state index >= 15 is 0 Å². The Hall–Kier alpha value is -3.15. The van der Waals surface area contributed by atoms with Crippen molar-refractivity contribution in [2.75, 3.05) is 27.2 Å². The van der Waals surface area contributed by atoms with Gasteiger partial charge in [0.15, 0.2) is 0 Å². The quantitative estimate of drug-likeness (QED) is 0.703. The van der Waals surface area contributed by atoms with E-state index in [1.54, 1.807) is 31.3 Å². The smallest absolute Gasteiger partial charge is 0.325 e. The Morgan fingerprint density at radius 2 is 1.56 bits per heavy atom. The van der Waals surface area contributed by atoms with Gasteiger partial charge in [0.05, 0.1) is 13.7 Å². The molecule has 2 aromatic carbocycles. The molecular weight excluding hydrogens is 344 g/mol. The molecule has 0 aliphatic heterocycles. The number of esters is 1. The highest BCUT2D eigenvalue weighted by Gasteiger charge is 2.22. The lowest BCUT2D eigenvalue weighted by molar-refractivity contribution is -0.147. The first-order chi connectivity index (χ1) is 12.9. The van der Waals surface area contributed by atoms with Gasteiger partial charge in [-0.2, -0.15) is 0 Å². The Balaban J connectivity index is 2.11. The van der Waals surface area contributed by atoms with Crippen molar-refractivity contribution in [2.45, 2.75) is 13.5 Å². The predicted octanol–water partition coefficient (Wildman–Crippen LogP) is 2.27. The van der Waals surface area contributed by atoms with Crippen molar-refractivity contribution in [1.82, 2.24) is 9.80 Å². The molecule has 27 heavy (non-hydrogen) atoms. The van der Waals surface area contributed by atoms with Crippen molar-refractivity contribution in [3.8, 4) is 0 Å². The summed E-state index contributed by atoms with van der Waals surface area (Å²) in [7, 11) is 2.85. The van der Waals surface area contributed by atoms with Crippen molar-refractivity contribution < 1.29 is 19.1 Å². The number of methoxy groups -OCH3 is 1. The Kier molecular flexibility index (Phi) is 7.11. The van der Waals surface area contributed by atoms with Crippen LogP contribution in [-0.4, -0.2) is 54.8 Å². The van der Waals surface area contributed by atoms with E-state index in [9.17, 15) is 14.4 Å². The molecule has 0 saturated carbocycles. The SMILES string of the molecule is COC(=O)CN(Cc1ccccc1C)C(=O)CN(C)C(=O)c1ccccc1. The summed E-state index contributed by atoms with van der Waals surface area (Å²) in [5.41, 5.74) is 2.46. The summed E-state index contributed by atoms with van der Waals surface area (Å²) in [6.45, 7) is 1.92. The fourth-order valence-electron chi connectivity index (χ4n) is 2.62. The number of carbonyl (C=O) groups is 3. The third kappa shape index (κ3) is 5.67. The summed E-state index contributed by atoms with van der Waals surface area (Å²) < 4.78 is 4.71. The average molecular weight is 368 g/mol. The predicted molar refractivity (Wildman–Crippen MR) is 102 cm³/mol. The summed E-state index contributed by atoms with van der Waals surface area (Å²) in [5.74, 6) is -1.08. The minimum absolute atomic E-state index is 0.128. The van der Waals surface area contributed by atoms with Gasteiger partial charge in [0.2, 0.25) is 5.91 Å². The maximum Gasteiger partial charge on any atom is 0.325 e. The van der Waals surface area contributed by atoms with Crippen molar-refractivity contribution in [3.63, 3.8) is 0 Å². The van der Waals surface area contributed by atoms with E-state index in [2.05, 4.69) is 0 Å². The molecule has 0 unspecified atom stereocenters. The second-order valence-corrected chi connectivity index (χ2v) is 6.28. The number of hydrogen-bond acceptors (Lipinski definition) is 4. The molecule has 0 fully saturated rings. The van der Waals surface area contributed by atoms with Gasteiger partial charge >= 0.3 is 5.97 Å². The van der Waals surface area contributed by atoms with Gasteiger partial charge in [-0.15, -0.1) is 0 Å². The van der Waals surface area contributed by atoms with E-state index in [-0.39, 0.29) is 31.4 Å². The molecule has 0 saturated heterocycles. The second-order valence-electron chi connectivity index (χ2n) is 6.28. The van der Waals surface area contributed by atoms with Crippen LogP contribution in [0.4, 0.5) is 0 Å². The summed E-state index contributed by atoms with van der Waals surface area (Å²) in [5, 5.41) is 0. The number of hydrogen-bond donors (Lipinski definition) is 0. The molecule has 2 rings (SSSR count). The third-order valence-corrected chi connectivity index (χ3v) is 4.26. The van der Waals surface area contributed by atoms with E-state index < -0.39 is 5.97 Å². The number of nitrogens with zero attached hydrogens (tertiary/aromatic N) is 2. The zero-order chi connectivity index (χ0) is 19.8. The first-order valence-electron chi connectivity index (χ1n) is 8.62. The van der Waals surface area contributed by atoms with Crippen LogP contribution in [0.25, 0.3) is 0 Å². The van der Waals surface area contributed by atoms with Gasteiger partial charge in [-0.1, -0.05) is 42.5 Å². The van der Waals surface area contributed by atoms with Crippen LogP contribution >= 0.6 is 0 Å². The number of likely N-dealkylation sites (N-methyl/N-ethyl adjacent to an activating group) is 1. The van der Waals surface area contributed by atoms with Gasteiger partial charge in [0.1, 0.15) is 6.54 Å². The molecule has 0 aliphatic carbocycles. The van der Waals surface area contributed by atoms with E-state index in [0.29, 0.717) is 5.56 Å². The second kappa shape index (κ2) is 9.52. The molecule has 2 aromatic rings. The molecule has 0 atom stereocenters. The Labute approximate surface area is 159 Å². The minimum atomic E-state index is -0.506. The van der Waals surface area contributed by atoms with Crippen molar-refractivity contribution >= 4 is 17.8 Å². The van der Waals surface area contributed by atoms with Crippen LogP contribution in [0.2, 0.25) is 0 Å². The molecule has 6 nitrogen and oxygen atoms in total. The molecule has 142 valence electrons. The van der Waals surface area contributed by atoms with Gasteiger partial charge in [-0.25, -0.2) is 0 Å². The third-order valence-electron chi connectivity index (χ3n) is 4.26. The monoisotopic (exact) mass is 368 g/mol. The summed E-state index contributed by atoms with van der Waals surface area (Å²) in [4.78, 5) is 39.7. The molecule has 0 bridgehead atoms. The van der Waals surface area contributed by atoms with E-state index in [4.69, 9.17) is 4.74 Å². The molecule has 0 aromatic heterocycles. The summed E-state index contributed by atoms with van der Waals surface area (Å²) in [6.07, 6.45) is 0. The highest BCUT2D eigenvalue weighted by atomic mass is 16.5. The summed E-state index contributed by atoms with van der Waals surface area (Å²) >= 11 is 0. The first-order valence-corrected chi connectivity index (χ1v) is 8.62. The van der Waals surface area contributed by atoms with Gasteiger partial charge in [-0.05, 0) is 30.2 Å². The highest BCUT2D eigenvalue weighted by molar-refractivity contribution is 5.96. The van der Waals surface area contributed by atoms with Crippen LogP contribution in [0.15, 0.2) is 54.6 Å². The Morgan fingerprint density at radius 1 is 0.926 bits per heavy atom. The largest absolute Gasteiger partial charge is 0.468 e. The van der Waals surface area contributed by atoms with Crippen LogP contribution < -0.4 is 0 Å². The van der Waals surface area contributed by atoms with Gasteiger partial charge in [0.25, 0.3) is 5.91 Å². The number of benzene rings is 2. The molecule has 0 radical (unpaired) electrons. The maximum atomic E-state index is 12.8. The van der Waals surface area contributed by atoms with E-state index in [0.717, 1.165) is 11.1 Å². The highest BCUT2D eigenvalue weighted by Crippen LogP contribution is 2.12. The normalized spacial score (nSPS) is 10.2. The fraction of sp³-hybridized carbons (Fsp3) is 0.286. The van der Waals surface area contributed by atoms with Crippen molar-refractivity contribution in [1.29, 1.82) is 0 Å². The molecule has 0 spiro atoms. The van der Waals surface area contributed by atoms with Gasteiger partial charge in [0, 0.05) is 19.2 Å². The van der Waals surface area contributed by atoms with E-state index in [1.807, 2.05) is 37.3 Å². The Morgan fingerprint density at radius 3 is 2.19 bits per heavy atom. The molecule has 0 N–H and O–H groups in total. The molecular formula is C21H24N2O4. The lowest BCUT2D eigenvalue weighted by atomic mass is 10.1. The van der Waals surface area contributed by atoms with Crippen LogP contribution in [-0.2, 0) is 20.9 Å².